The molecular formula is C23H19ClN4O5. The number of non-ortho nitro benzene ring substituents is 1. The van der Waals surface area contributed by atoms with Gasteiger partial charge in [-0.3, -0.25) is 29.4 Å². The van der Waals surface area contributed by atoms with Gasteiger partial charge in [-0.2, -0.15) is 0 Å². The molecule has 4 atom stereocenters. The Bertz CT molecular complexity index is 1300. The van der Waals surface area contributed by atoms with E-state index in [4.69, 9.17) is 11.6 Å². The molecule has 2 aromatic rings. The average Bonchev–Trinajstić information content (AvgIpc) is 3.47. The predicted octanol–water partition coefficient (Wildman–Crippen LogP) is 2.99. The number of rotatable bonds is 2. The molecule has 2 aromatic carbocycles. The number of nitro benzene ring substituents is 1. The van der Waals surface area contributed by atoms with Crippen LogP contribution in [0.5, 0.6) is 0 Å². The molecule has 4 heterocycles. The Balaban J connectivity index is 1.53. The minimum atomic E-state index is -1.26. The Labute approximate surface area is 193 Å². The molecule has 0 saturated carbocycles. The van der Waals surface area contributed by atoms with Crippen LogP contribution in [0.25, 0.3) is 0 Å². The van der Waals surface area contributed by atoms with E-state index >= 15 is 0 Å². The highest BCUT2D eigenvalue weighted by Crippen LogP contribution is 2.61. The molecule has 3 amide bonds. The molecule has 3 saturated heterocycles. The molecule has 1 N–H and O–H groups in total. The monoisotopic (exact) mass is 466 g/mol. The molecule has 1 spiro atoms. The molecule has 4 aliphatic rings. The first kappa shape index (κ1) is 20.3. The summed E-state index contributed by atoms with van der Waals surface area (Å²) in [5, 5.41) is 14.0. The van der Waals surface area contributed by atoms with E-state index in [2.05, 4.69) is 5.32 Å². The van der Waals surface area contributed by atoms with Crippen LogP contribution in [0.15, 0.2) is 36.4 Å². The van der Waals surface area contributed by atoms with Crippen LogP contribution in [0.2, 0.25) is 5.02 Å². The fourth-order valence-corrected chi connectivity index (χ4v) is 6.60. The zero-order chi connectivity index (χ0) is 23.2. The van der Waals surface area contributed by atoms with Crippen molar-refractivity contribution in [2.24, 2.45) is 11.8 Å². The van der Waals surface area contributed by atoms with Gasteiger partial charge in [-0.1, -0.05) is 29.3 Å². The fourth-order valence-electron chi connectivity index (χ4n) is 6.35. The summed E-state index contributed by atoms with van der Waals surface area (Å²) in [6, 6.07) is 9.08. The van der Waals surface area contributed by atoms with Crippen LogP contribution in [-0.4, -0.2) is 40.1 Å². The van der Waals surface area contributed by atoms with Crippen molar-refractivity contribution >= 4 is 46.4 Å². The van der Waals surface area contributed by atoms with Crippen LogP contribution in [0.4, 0.5) is 17.1 Å². The second-order valence-electron chi connectivity index (χ2n) is 9.08. The van der Waals surface area contributed by atoms with Gasteiger partial charge in [-0.25, -0.2) is 4.90 Å². The van der Waals surface area contributed by atoms with Gasteiger partial charge < -0.3 is 5.32 Å². The number of hydrogen-bond donors (Lipinski definition) is 1. The van der Waals surface area contributed by atoms with Gasteiger partial charge in [0, 0.05) is 29.4 Å². The number of nitro groups is 1. The van der Waals surface area contributed by atoms with E-state index in [1.165, 1.54) is 12.1 Å². The van der Waals surface area contributed by atoms with Crippen molar-refractivity contribution in [3.63, 3.8) is 0 Å². The summed E-state index contributed by atoms with van der Waals surface area (Å²) >= 11 is 6.29. The first-order chi connectivity index (χ1) is 15.8. The number of halogens is 1. The molecule has 0 aliphatic carbocycles. The number of fused-ring (bicyclic) bond motifs is 7. The number of nitrogens with one attached hydrogen (secondary N) is 1. The third kappa shape index (κ3) is 2.38. The number of aryl methyl sites for hydroxylation is 1. The molecule has 0 unspecified atom stereocenters. The molecule has 33 heavy (non-hydrogen) atoms. The maximum absolute atomic E-state index is 13.9. The molecule has 3 fully saturated rings. The Morgan fingerprint density at radius 1 is 1.15 bits per heavy atom. The van der Waals surface area contributed by atoms with Crippen molar-refractivity contribution in [2.75, 3.05) is 16.8 Å². The minimum absolute atomic E-state index is 0.0599. The lowest BCUT2D eigenvalue weighted by molar-refractivity contribution is -0.384. The Morgan fingerprint density at radius 2 is 1.94 bits per heavy atom. The van der Waals surface area contributed by atoms with Crippen molar-refractivity contribution in [1.29, 1.82) is 0 Å². The van der Waals surface area contributed by atoms with Crippen LogP contribution in [0.3, 0.4) is 0 Å². The normalized spacial score (nSPS) is 30.1. The summed E-state index contributed by atoms with van der Waals surface area (Å²) < 4.78 is 0. The number of amides is 3. The molecule has 0 radical (unpaired) electrons. The average molecular weight is 467 g/mol. The third-order valence-electron chi connectivity index (χ3n) is 7.53. The molecule has 0 bridgehead atoms. The maximum atomic E-state index is 13.9. The van der Waals surface area contributed by atoms with E-state index in [9.17, 15) is 24.5 Å². The Kier molecular flexibility index (Phi) is 4.07. The smallest absolute Gasteiger partial charge is 0.271 e. The lowest BCUT2D eigenvalue weighted by Crippen LogP contribution is -2.54. The van der Waals surface area contributed by atoms with E-state index in [0.29, 0.717) is 18.7 Å². The Hall–Kier alpha value is -3.30. The summed E-state index contributed by atoms with van der Waals surface area (Å²) in [6.45, 7) is 2.55. The number of imide groups is 1. The third-order valence-corrected chi connectivity index (χ3v) is 7.83. The van der Waals surface area contributed by atoms with Crippen molar-refractivity contribution in [3.05, 3.63) is 62.7 Å². The van der Waals surface area contributed by atoms with Gasteiger partial charge in [-0.05, 0) is 38.4 Å². The largest absolute Gasteiger partial charge is 0.324 e. The minimum Gasteiger partial charge on any atom is -0.324 e. The Morgan fingerprint density at radius 3 is 2.67 bits per heavy atom. The first-order valence-corrected chi connectivity index (χ1v) is 11.2. The number of nitrogens with zero attached hydrogens (tertiary/aromatic N) is 3. The summed E-state index contributed by atoms with van der Waals surface area (Å²) in [6.07, 6.45) is 1.53. The first-order valence-electron chi connectivity index (χ1n) is 10.8. The van der Waals surface area contributed by atoms with Gasteiger partial charge in [0.1, 0.15) is 5.54 Å². The SMILES string of the molecule is Cc1ccc2c(c1)[C@]1(C(=O)N2)[C@H]2C(=O)N(c3ccc([N+](=O)[O-])cc3Cl)C(=O)[C@@H]2[C@H]2CCCN21. The fraction of sp³-hybridized carbons (Fsp3) is 0.348. The second-order valence-corrected chi connectivity index (χ2v) is 9.49. The highest BCUT2D eigenvalue weighted by molar-refractivity contribution is 6.36. The highest BCUT2D eigenvalue weighted by atomic mass is 35.5. The zero-order valence-corrected chi connectivity index (χ0v) is 18.3. The van der Waals surface area contributed by atoms with Crippen molar-refractivity contribution in [2.45, 2.75) is 31.3 Å². The van der Waals surface area contributed by atoms with Gasteiger partial charge in [0.15, 0.2) is 0 Å². The lowest BCUT2D eigenvalue weighted by atomic mass is 9.75. The molecule has 10 heteroatoms. The topological polar surface area (TPSA) is 113 Å². The quantitative estimate of drug-likeness (QED) is 0.413. The van der Waals surface area contributed by atoms with Gasteiger partial charge in [0.2, 0.25) is 17.7 Å². The van der Waals surface area contributed by atoms with Crippen LogP contribution in [0, 0.1) is 28.9 Å². The van der Waals surface area contributed by atoms with E-state index in [1.807, 2.05) is 30.0 Å². The number of carbonyl (C=O) groups is 3. The van der Waals surface area contributed by atoms with E-state index in [0.717, 1.165) is 28.5 Å². The second kappa shape index (κ2) is 6.61. The highest BCUT2D eigenvalue weighted by Gasteiger charge is 2.74. The summed E-state index contributed by atoms with van der Waals surface area (Å²) in [4.78, 5) is 54.8. The zero-order valence-electron chi connectivity index (χ0n) is 17.6. The van der Waals surface area contributed by atoms with Gasteiger partial charge in [0.25, 0.3) is 5.69 Å². The van der Waals surface area contributed by atoms with Crippen molar-refractivity contribution in [3.8, 4) is 0 Å². The van der Waals surface area contributed by atoms with Crippen molar-refractivity contribution < 1.29 is 19.3 Å². The molecule has 4 aliphatic heterocycles. The maximum Gasteiger partial charge on any atom is 0.271 e. The number of anilines is 2. The van der Waals surface area contributed by atoms with E-state index in [-0.39, 0.29) is 28.3 Å². The summed E-state index contributed by atoms with van der Waals surface area (Å²) in [5.74, 6) is -2.79. The summed E-state index contributed by atoms with van der Waals surface area (Å²) in [7, 11) is 0. The van der Waals surface area contributed by atoms with Crippen molar-refractivity contribution in [1.82, 2.24) is 4.90 Å². The number of hydrogen-bond acceptors (Lipinski definition) is 6. The van der Waals surface area contributed by atoms with Crippen LogP contribution >= 0.6 is 11.6 Å². The number of carbonyl (C=O) groups excluding carboxylic acids is 3. The van der Waals surface area contributed by atoms with Gasteiger partial charge in [-0.15, -0.1) is 0 Å². The van der Waals surface area contributed by atoms with E-state index in [1.54, 1.807) is 0 Å². The molecule has 0 aromatic heterocycles. The van der Waals surface area contributed by atoms with Crippen LogP contribution in [-0.2, 0) is 19.9 Å². The molecule has 9 nitrogen and oxygen atoms in total. The predicted molar refractivity (Wildman–Crippen MR) is 119 cm³/mol. The standard InChI is InChI=1S/C23H19ClN4O5/c1-11-4-6-15-13(9-11)23(22(31)25-15)19-18(17-3-2-8-26(17)23)20(29)27(21(19)30)16-7-5-12(28(32)33)10-14(16)24/h4-7,9-10,17-19H,2-3,8H2,1H3,(H,25,31)/t17-,18-,19-,23-/m1/s1. The van der Waals surface area contributed by atoms with Crippen LogP contribution in [0.1, 0.15) is 24.0 Å². The van der Waals surface area contributed by atoms with Gasteiger partial charge in [0.05, 0.1) is 27.5 Å². The number of benzene rings is 2. The summed E-state index contributed by atoms with van der Waals surface area (Å²) in [5.41, 5.74) is 0.946. The van der Waals surface area contributed by atoms with Gasteiger partial charge >= 0.3 is 0 Å². The van der Waals surface area contributed by atoms with Crippen LogP contribution < -0.4 is 10.2 Å². The van der Waals surface area contributed by atoms with E-state index < -0.39 is 34.1 Å². The lowest BCUT2D eigenvalue weighted by Gasteiger charge is -2.36. The molecule has 6 rings (SSSR count). The molecular weight excluding hydrogens is 448 g/mol. The molecule has 168 valence electrons.